The second-order valence-electron chi connectivity index (χ2n) is 2.24. The molecule has 0 spiro atoms. The van der Waals surface area contributed by atoms with Gasteiger partial charge in [0.25, 0.3) is 0 Å². The smallest absolute Gasteiger partial charge is 0.374 e. The van der Waals surface area contributed by atoms with Gasteiger partial charge in [0.15, 0.2) is 0 Å². The highest BCUT2D eigenvalue weighted by molar-refractivity contribution is 6.44. The lowest BCUT2D eigenvalue weighted by atomic mass is 9.86. The first-order valence-electron chi connectivity index (χ1n) is 3.30. The number of ether oxygens (including phenoxy) is 1. The zero-order valence-corrected chi connectivity index (χ0v) is 6.51. The summed E-state index contributed by atoms with van der Waals surface area (Å²) in [7, 11) is 1.67. The summed E-state index contributed by atoms with van der Waals surface area (Å²) in [6.07, 6.45) is 0. The maximum Gasteiger partial charge on any atom is 0.374 e. The standard InChI is InChI=1S/C6H11BO3/c1-3-10-6(9)5(8)4(2)7/h4H,3,7H2,1-2H3. The number of rotatable bonds is 3. The Morgan fingerprint density at radius 3 is 2.40 bits per heavy atom. The van der Waals surface area contributed by atoms with Crippen LogP contribution in [0, 0.1) is 0 Å². The Bertz CT molecular complexity index is 142. The molecule has 0 saturated carbocycles. The lowest BCUT2D eigenvalue weighted by Crippen LogP contribution is -2.20. The normalized spacial score (nSPS) is 12.2. The van der Waals surface area contributed by atoms with Crippen LogP contribution in [0.3, 0.4) is 0 Å². The summed E-state index contributed by atoms with van der Waals surface area (Å²) in [6, 6.07) is 0. The number of carbonyl (C=O) groups excluding carboxylic acids is 2. The molecule has 0 aromatic rings. The highest BCUT2D eigenvalue weighted by Gasteiger charge is 2.17. The van der Waals surface area contributed by atoms with Crippen LogP contribution in [0.5, 0.6) is 0 Å². The van der Waals surface area contributed by atoms with Gasteiger partial charge in [-0.3, -0.25) is 4.79 Å². The fourth-order valence-electron chi connectivity index (χ4n) is 0.438. The molecule has 0 aromatic heterocycles. The third-order valence-corrected chi connectivity index (χ3v) is 1.00. The van der Waals surface area contributed by atoms with Crippen molar-refractivity contribution in [2.75, 3.05) is 6.61 Å². The maximum atomic E-state index is 10.8. The van der Waals surface area contributed by atoms with Gasteiger partial charge in [-0.1, -0.05) is 6.92 Å². The van der Waals surface area contributed by atoms with E-state index in [1.165, 1.54) is 0 Å². The largest absolute Gasteiger partial charge is 0.460 e. The van der Waals surface area contributed by atoms with Gasteiger partial charge in [-0.15, -0.1) is 0 Å². The van der Waals surface area contributed by atoms with Crippen molar-refractivity contribution in [1.82, 2.24) is 0 Å². The van der Waals surface area contributed by atoms with E-state index in [-0.39, 0.29) is 12.4 Å². The average molecular weight is 142 g/mol. The van der Waals surface area contributed by atoms with E-state index in [2.05, 4.69) is 4.74 Å². The van der Waals surface area contributed by atoms with Crippen molar-refractivity contribution in [3.8, 4) is 0 Å². The van der Waals surface area contributed by atoms with Crippen LogP contribution in [0.2, 0.25) is 5.82 Å². The predicted molar refractivity (Wildman–Crippen MR) is 39.6 cm³/mol. The molecule has 0 saturated heterocycles. The van der Waals surface area contributed by atoms with Crippen LogP contribution in [0.4, 0.5) is 0 Å². The maximum absolute atomic E-state index is 10.8. The Balaban J connectivity index is 3.83. The molecule has 0 bridgehead atoms. The minimum Gasteiger partial charge on any atom is -0.460 e. The molecular weight excluding hydrogens is 131 g/mol. The number of hydrogen-bond acceptors (Lipinski definition) is 3. The fraction of sp³-hybridized carbons (Fsp3) is 0.667. The zero-order valence-electron chi connectivity index (χ0n) is 6.51. The molecule has 1 unspecified atom stereocenters. The second-order valence-corrected chi connectivity index (χ2v) is 2.24. The molecule has 1 atom stereocenters. The Hall–Kier alpha value is -0.795. The summed E-state index contributed by atoms with van der Waals surface area (Å²) < 4.78 is 4.48. The van der Waals surface area contributed by atoms with Crippen LogP contribution in [-0.2, 0) is 14.3 Å². The quantitative estimate of drug-likeness (QED) is 0.304. The Labute approximate surface area is 61.2 Å². The first-order chi connectivity index (χ1) is 4.59. The lowest BCUT2D eigenvalue weighted by molar-refractivity contribution is -0.153. The number of ketones is 1. The van der Waals surface area contributed by atoms with Gasteiger partial charge < -0.3 is 4.74 Å². The number of hydrogen-bond donors (Lipinski definition) is 0. The van der Waals surface area contributed by atoms with Crippen molar-refractivity contribution in [2.24, 2.45) is 0 Å². The van der Waals surface area contributed by atoms with Gasteiger partial charge >= 0.3 is 5.97 Å². The minimum atomic E-state index is -0.725. The van der Waals surface area contributed by atoms with Gasteiger partial charge in [-0.2, -0.15) is 0 Å². The van der Waals surface area contributed by atoms with Crippen molar-refractivity contribution in [3.63, 3.8) is 0 Å². The van der Waals surface area contributed by atoms with E-state index in [0.29, 0.717) is 0 Å². The summed E-state index contributed by atoms with van der Waals surface area (Å²) in [4.78, 5) is 21.4. The molecule has 0 amide bonds. The average Bonchev–Trinajstić information content (AvgIpc) is 1.87. The molecule has 10 heavy (non-hydrogen) atoms. The van der Waals surface area contributed by atoms with E-state index < -0.39 is 11.8 Å². The summed E-state index contributed by atoms with van der Waals surface area (Å²) in [5.41, 5.74) is 0. The van der Waals surface area contributed by atoms with E-state index in [4.69, 9.17) is 0 Å². The third-order valence-electron chi connectivity index (χ3n) is 1.00. The number of esters is 1. The molecule has 0 heterocycles. The molecule has 0 aliphatic carbocycles. The SMILES string of the molecule is BC(C)C(=O)C(=O)OCC. The first-order valence-corrected chi connectivity index (χ1v) is 3.30. The van der Waals surface area contributed by atoms with E-state index in [1.807, 2.05) is 0 Å². The second kappa shape index (κ2) is 4.09. The monoisotopic (exact) mass is 142 g/mol. The summed E-state index contributed by atoms with van der Waals surface area (Å²) in [6.45, 7) is 3.60. The van der Waals surface area contributed by atoms with Gasteiger partial charge in [-0.25, -0.2) is 4.79 Å². The molecule has 4 heteroatoms. The topological polar surface area (TPSA) is 43.4 Å². The Morgan fingerprint density at radius 1 is 1.60 bits per heavy atom. The summed E-state index contributed by atoms with van der Waals surface area (Å²) >= 11 is 0. The molecule has 56 valence electrons. The van der Waals surface area contributed by atoms with Crippen LogP contribution in [0.15, 0.2) is 0 Å². The minimum absolute atomic E-state index is 0.261. The molecule has 0 rings (SSSR count). The van der Waals surface area contributed by atoms with Crippen LogP contribution in [0.1, 0.15) is 13.8 Å². The molecule has 0 aromatic carbocycles. The molecule has 0 aliphatic rings. The highest BCUT2D eigenvalue weighted by atomic mass is 16.5. The van der Waals surface area contributed by atoms with E-state index >= 15 is 0 Å². The van der Waals surface area contributed by atoms with Gasteiger partial charge in [0.05, 0.1) is 6.61 Å². The van der Waals surface area contributed by atoms with Crippen molar-refractivity contribution in [1.29, 1.82) is 0 Å². The lowest BCUT2D eigenvalue weighted by Gasteiger charge is -2.01. The van der Waals surface area contributed by atoms with Gasteiger partial charge in [0.1, 0.15) is 7.85 Å². The third kappa shape index (κ3) is 2.66. The van der Waals surface area contributed by atoms with Crippen LogP contribution < -0.4 is 0 Å². The molecule has 0 radical (unpaired) electrons. The Kier molecular flexibility index (Phi) is 3.76. The van der Waals surface area contributed by atoms with E-state index in [0.717, 1.165) is 0 Å². The van der Waals surface area contributed by atoms with Crippen LogP contribution >= 0.6 is 0 Å². The molecular formula is C6H11BO3. The predicted octanol–water partition coefficient (Wildman–Crippen LogP) is -0.440. The molecule has 0 aliphatic heterocycles. The summed E-state index contributed by atoms with van der Waals surface area (Å²) in [5, 5.41) is 0. The van der Waals surface area contributed by atoms with Crippen molar-refractivity contribution in [3.05, 3.63) is 0 Å². The highest BCUT2D eigenvalue weighted by Crippen LogP contribution is 1.98. The van der Waals surface area contributed by atoms with E-state index in [9.17, 15) is 9.59 Å². The molecule has 3 nitrogen and oxygen atoms in total. The van der Waals surface area contributed by atoms with Crippen LogP contribution in [-0.4, -0.2) is 26.2 Å². The van der Waals surface area contributed by atoms with Crippen molar-refractivity contribution >= 4 is 19.6 Å². The molecule has 0 fully saturated rings. The Morgan fingerprint density at radius 2 is 2.10 bits per heavy atom. The zero-order chi connectivity index (χ0) is 8.15. The number of carbonyl (C=O) groups is 2. The summed E-state index contributed by atoms with van der Waals surface area (Å²) in [5.74, 6) is -1.45. The van der Waals surface area contributed by atoms with Gasteiger partial charge in [0.2, 0.25) is 5.78 Å². The van der Waals surface area contributed by atoms with E-state index in [1.54, 1.807) is 21.7 Å². The molecule has 0 N–H and O–H groups in total. The van der Waals surface area contributed by atoms with Crippen molar-refractivity contribution in [2.45, 2.75) is 19.7 Å². The number of Topliss-reactive ketones (excluding diaryl/α,β-unsaturated/α-hetero) is 1. The van der Waals surface area contributed by atoms with Gasteiger partial charge in [-0.05, 0) is 12.7 Å². The first kappa shape index (κ1) is 9.20. The fourth-order valence-corrected chi connectivity index (χ4v) is 0.438. The van der Waals surface area contributed by atoms with Gasteiger partial charge in [0, 0.05) is 0 Å². The van der Waals surface area contributed by atoms with Crippen LogP contribution in [0.25, 0.3) is 0 Å². The van der Waals surface area contributed by atoms with Crippen molar-refractivity contribution < 1.29 is 14.3 Å².